The van der Waals surface area contributed by atoms with Crippen LogP contribution in [0.2, 0.25) is 0 Å². The highest BCUT2D eigenvalue weighted by Crippen LogP contribution is 2.27. The van der Waals surface area contributed by atoms with Gasteiger partial charge in [0.25, 0.3) is 0 Å². The number of para-hydroxylation sites is 1. The van der Waals surface area contributed by atoms with E-state index in [0.717, 1.165) is 27.8 Å². The molecule has 0 saturated carbocycles. The molecular weight excluding hydrogens is 294 g/mol. The number of benzene rings is 3. The van der Waals surface area contributed by atoms with Crippen molar-refractivity contribution in [2.24, 2.45) is 0 Å². The number of rotatable bonds is 2. The lowest BCUT2D eigenvalue weighted by molar-refractivity contribution is 1.10. The lowest BCUT2D eigenvalue weighted by atomic mass is 10.1. The van der Waals surface area contributed by atoms with E-state index in [1.54, 1.807) is 6.07 Å². The quantitative estimate of drug-likeness (QED) is 0.512. The molecule has 1 aromatic heterocycles. The van der Waals surface area contributed by atoms with Gasteiger partial charge in [-0.15, -0.1) is 0 Å². The van der Waals surface area contributed by atoms with Gasteiger partial charge in [-0.25, -0.2) is 0 Å². The molecule has 0 saturated heterocycles. The number of nitrogens with zero attached hydrogens (tertiary/aromatic N) is 1. The molecule has 0 atom stereocenters. The molecule has 2 heteroatoms. The third kappa shape index (κ3) is 2.42. The Balaban J connectivity index is 2.16. The Labute approximate surface area is 140 Å². The van der Waals surface area contributed by atoms with Gasteiger partial charge in [0.1, 0.15) is 0 Å². The summed E-state index contributed by atoms with van der Waals surface area (Å²) in [5.74, 6) is 0. The third-order valence-corrected chi connectivity index (χ3v) is 4.25. The van der Waals surface area contributed by atoms with Crippen molar-refractivity contribution in [3.8, 4) is 16.9 Å². The van der Waals surface area contributed by atoms with E-state index < -0.39 is 0 Å². The van der Waals surface area contributed by atoms with Crippen LogP contribution in [0, 0.1) is 6.92 Å². The monoisotopic (exact) mass is 311 g/mol. The third-order valence-electron chi connectivity index (χ3n) is 4.25. The van der Waals surface area contributed by atoms with Gasteiger partial charge in [0.15, 0.2) is 5.43 Å². The first-order valence-corrected chi connectivity index (χ1v) is 8.01. The first-order valence-electron chi connectivity index (χ1n) is 8.01. The Morgan fingerprint density at radius 2 is 1.50 bits per heavy atom. The summed E-state index contributed by atoms with van der Waals surface area (Å²) < 4.78 is 2.17. The minimum absolute atomic E-state index is 0.0494. The number of aromatic nitrogens is 1. The number of fused-ring (bicyclic) bond motifs is 1. The Kier molecular flexibility index (Phi) is 3.51. The summed E-state index contributed by atoms with van der Waals surface area (Å²) in [6, 6.07) is 27.9. The van der Waals surface area contributed by atoms with E-state index in [0.29, 0.717) is 0 Å². The van der Waals surface area contributed by atoms with Gasteiger partial charge < -0.3 is 4.57 Å². The average molecular weight is 311 g/mol. The van der Waals surface area contributed by atoms with Crippen molar-refractivity contribution in [3.05, 3.63) is 101 Å². The van der Waals surface area contributed by atoms with Gasteiger partial charge in [-0.3, -0.25) is 4.79 Å². The van der Waals surface area contributed by atoms with E-state index in [2.05, 4.69) is 29.7 Å². The zero-order chi connectivity index (χ0) is 16.5. The van der Waals surface area contributed by atoms with E-state index in [1.807, 2.05) is 60.7 Å². The van der Waals surface area contributed by atoms with Crippen molar-refractivity contribution in [2.75, 3.05) is 0 Å². The van der Waals surface area contributed by atoms with Crippen LogP contribution < -0.4 is 5.43 Å². The van der Waals surface area contributed by atoms with Crippen LogP contribution >= 0.6 is 0 Å². The molecular formula is C22H17NO. The van der Waals surface area contributed by atoms with Gasteiger partial charge in [-0.1, -0.05) is 54.6 Å². The summed E-state index contributed by atoms with van der Waals surface area (Å²) in [4.78, 5) is 12.6. The Morgan fingerprint density at radius 3 is 2.29 bits per heavy atom. The van der Waals surface area contributed by atoms with Crippen LogP contribution in [-0.4, -0.2) is 4.57 Å². The molecule has 0 bridgehead atoms. The number of pyridine rings is 1. The maximum Gasteiger partial charge on any atom is 0.190 e. The van der Waals surface area contributed by atoms with Gasteiger partial charge in [0, 0.05) is 17.1 Å². The van der Waals surface area contributed by atoms with Crippen molar-refractivity contribution >= 4 is 10.9 Å². The van der Waals surface area contributed by atoms with Crippen LogP contribution in [0.25, 0.3) is 27.8 Å². The lowest BCUT2D eigenvalue weighted by Gasteiger charge is -2.17. The summed E-state index contributed by atoms with van der Waals surface area (Å²) in [7, 11) is 0. The van der Waals surface area contributed by atoms with Gasteiger partial charge >= 0.3 is 0 Å². The molecule has 0 unspecified atom stereocenters. The summed E-state index contributed by atoms with van der Waals surface area (Å²) >= 11 is 0. The van der Waals surface area contributed by atoms with E-state index >= 15 is 0 Å². The van der Waals surface area contributed by atoms with Crippen molar-refractivity contribution in [1.29, 1.82) is 0 Å². The van der Waals surface area contributed by atoms with Crippen molar-refractivity contribution in [2.45, 2.75) is 6.92 Å². The van der Waals surface area contributed by atoms with Crippen LogP contribution in [0.1, 0.15) is 5.56 Å². The summed E-state index contributed by atoms with van der Waals surface area (Å²) in [5, 5.41) is 0.735. The number of hydrogen-bond acceptors (Lipinski definition) is 1. The second-order valence-electron chi connectivity index (χ2n) is 5.95. The smallest absolute Gasteiger partial charge is 0.190 e. The first-order chi connectivity index (χ1) is 11.7. The zero-order valence-corrected chi connectivity index (χ0v) is 13.4. The maximum atomic E-state index is 12.6. The summed E-state index contributed by atoms with van der Waals surface area (Å²) in [6.45, 7) is 2.08. The Morgan fingerprint density at radius 1 is 0.750 bits per heavy atom. The SMILES string of the molecule is Cc1cccc(-n2c(-c3ccccc3)cc(=O)c3ccccc32)c1. The second-order valence-corrected chi connectivity index (χ2v) is 5.95. The van der Waals surface area contributed by atoms with Crippen LogP contribution in [0.15, 0.2) is 89.7 Å². The average Bonchev–Trinajstić information content (AvgIpc) is 2.62. The normalized spacial score (nSPS) is 10.9. The van der Waals surface area contributed by atoms with Crippen molar-refractivity contribution in [3.63, 3.8) is 0 Å². The molecule has 4 rings (SSSR count). The fourth-order valence-corrected chi connectivity index (χ4v) is 3.14. The van der Waals surface area contributed by atoms with E-state index in [4.69, 9.17) is 0 Å². The largest absolute Gasteiger partial charge is 0.309 e. The fraction of sp³-hybridized carbons (Fsp3) is 0.0455. The highest BCUT2D eigenvalue weighted by Gasteiger charge is 2.12. The maximum absolute atomic E-state index is 12.6. The van der Waals surface area contributed by atoms with Crippen LogP contribution in [0.4, 0.5) is 0 Å². The fourth-order valence-electron chi connectivity index (χ4n) is 3.14. The number of aryl methyl sites for hydroxylation is 1. The predicted molar refractivity (Wildman–Crippen MR) is 99.7 cm³/mol. The van der Waals surface area contributed by atoms with E-state index in [-0.39, 0.29) is 5.43 Å². The number of hydrogen-bond donors (Lipinski definition) is 0. The molecule has 0 aliphatic carbocycles. The molecule has 0 radical (unpaired) electrons. The van der Waals surface area contributed by atoms with Gasteiger partial charge in [-0.2, -0.15) is 0 Å². The molecule has 0 amide bonds. The van der Waals surface area contributed by atoms with Crippen LogP contribution in [-0.2, 0) is 0 Å². The predicted octanol–water partition coefficient (Wildman–Crippen LogP) is 4.97. The topological polar surface area (TPSA) is 22.0 Å². The molecule has 0 aliphatic rings. The summed E-state index contributed by atoms with van der Waals surface area (Å²) in [5.41, 5.74) is 5.16. The van der Waals surface area contributed by atoms with Crippen LogP contribution in [0.3, 0.4) is 0 Å². The molecule has 0 spiro atoms. The zero-order valence-electron chi connectivity index (χ0n) is 13.4. The Hall–Kier alpha value is -3.13. The molecule has 0 aliphatic heterocycles. The van der Waals surface area contributed by atoms with Crippen molar-refractivity contribution in [1.82, 2.24) is 4.57 Å². The van der Waals surface area contributed by atoms with E-state index in [9.17, 15) is 4.79 Å². The van der Waals surface area contributed by atoms with Gasteiger partial charge in [0.05, 0.1) is 11.2 Å². The van der Waals surface area contributed by atoms with Gasteiger partial charge in [-0.05, 0) is 42.3 Å². The molecule has 0 fully saturated rings. The van der Waals surface area contributed by atoms with Crippen molar-refractivity contribution < 1.29 is 0 Å². The minimum Gasteiger partial charge on any atom is -0.309 e. The minimum atomic E-state index is 0.0494. The highest BCUT2D eigenvalue weighted by atomic mass is 16.1. The standard InChI is InChI=1S/C22H17NO/c1-16-8-7-11-18(14-16)23-20-13-6-5-12-19(20)22(24)15-21(23)17-9-3-2-4-10-17/h2-15H,1H3. The highest BCUT2D eigenvalue weighted by molar-refractivity contribution is 5.84. The molecule has 0 N–H and O–H groups in total. The van der Waals surface area contributed by atoms with Crippen LogP contribution in [0.5, 0.6) is 0 Å². The molecule has 3 aromatic carbocycles. The molecule has 24 heavy (non-hydrogen) atoms. The molecule has 116 valence electrons. The summed E-state index contributed by atoms with van der Waals surface area (Å²) in [6.07, 6.45) is 0. The molecule has 1 heterocycles. The first kappa shape index (κ1) is 14.5. The Bertz CT molecular complexity index is 1080. The second kappa shape index (κ2) is 5.82. The van der Waals surface area contributed by atoms with E-state index in [1.165, 1.54) is 5.56 Å². The molecule has 4 aromatic rings. The van der Waals surface area contributed by atoms with Gasteiger partial charge in [0.2, 0.25) is 0 Å². The molecule has 2 nitrogen and oxygen atoms in total. The lowest BCUT2D eigenvalue weighted by Crippen LogP contribution is -2.10.